The molecule has 3 aromatic heterocycles. The molecule has 4 rings (SSSR count). The lowest BCUT2D eigenvalue weighted by Gasteiger charge is -2.18. The summed E-state index contributed by atoms with van der Waals surface area (Å²) < 4.78 is 15.7. The number of nitrogens with zero attached hydrogens (tertiary/aromatic N) is 5. The first-order chi connectivity index (χ1) is 19.7. The third-order valence-electron chi connectivity index (χ3n) is 5.92. The summed E-state index contributed by atoms with van der Waals surface area (Å²) in [5.74, 6) is -1.84. The van der Waals surface area contributed by atoms with E-state index in [1.165, 1.54) is 24.5 Å². The standard InChI is InChI=1S/C26H27N7O8/c1-4-8-27-24(36)18-11-32-22(16(18)3)23(28-13-29-32)30-19-10-17(6-5-15(19)2)25(37)33(20-7-9-41-31-20)26(38)40-14-39-21(35)12-34/h5-7,9-11,13,34H,4,8,12,14H2,1-3H3,(H,27,36)(H,28,29,30). The molecule has 0 fully saturated rings. The molecule has 15 heteroatoms. The summed E-state index contributed by atoms with van der Waals surface area (Å²) in [4.78, 5) is 55.0. The fourth-order valence-electron chi connectivity index (χ4n) is 3.82. The molecular weight excluding hydrogens is 538 g/mol. The molecule has 3 heterocycles. The molecule has 4 aromatic rings. The number of hydrogen-bond donors (Lipinski definition) is 3. The minimum Gasteiger partial charge on any atom is -0.426 e. The molecule has 0 spiro atoms. The van der Waals surface area contributed by atoms with E-state index >= 15 is 0 Å². The van der Waals surface area contributed by atoms with Crippen LogP contribution in [0.25, 0.3) is 5.52 Å². The average molecular weight is 566 g/mol. The Bertz CT molecular complexity index is 1580. The maximum absolute atomic E-state index is 13.5. The van der Waals surface area contributed by atoms with Crippen LogP contribution in [0.5, 0.6) is 0 Å². The number of aliphatic hydroxyl groups is 1. The Kier molecular flexibility index (Phi) is 8.88. The lowest BCUT2D eigenvalue weighted by molar-refractivity contribution is -0.154. The SMILES string of the molecule is CCCNC(=O)c1cn2ncnc(Nc3cc(C(=O)N(C(=O)OCOC(=O)CO)c4ccon4)ccc3C)c2c1C. The van der Waals surface area contributed by atoms with E-state index < -0.39 is 31.4 Å². The van der Waals surface area contributed by atoms with Crippen molar-refractivity contribution < 1.29 is 38.3 Å². The van der Waals surface area contributed by atoms with Crippen molar-refractivity contribution in [2.24, 2.45) is 0 Å². The number of carbonyl (C=O) groups is 4. The van der Waals surface area contributed by atoms with Gasteiger partial charge in [0.15, 0.2) is 11.6 Å². The Hall–Kier alpha value is -5.31. The first-order valence-electron chi connectivity index (χ1n) is 12.4. The summed E-state index contributed by atoms with van der Waals surface area (Å²) >= 11 is 0. The first kappa shape index (κ1) is 28.7. The van der Waals surface area contributed by atoms with Gasteiger partial charge in [-0.2, -0.15) is 10.00 Å². The number of aryl methyl sites for hydroxylation is 2. The second kappa shape index (κ2) is 12.7. The van der Waals surface area contributed by atoms with E-state index in [0.29, 0.717) is 39.6 Å². The lowest BCUT2D eigenvalue weighted by atomic mass is 10.1. The molecule has 41 heavy (non-hydrogen) atoms. The van der Waals surface area contributed by atoms with Crippen LogP contribution in [0.4, 0.5) is 22.1 Å². The lowest BCUT2D eigenvalue weighted by Crippen LogP contribution is -2.38. The van der Waals surface area contributed by atoms with Gasteiger partial charge < -0.3 is 29.7 Å². The van der Waals surface area contributed by atoms with Crippen molar-refractivity contribution in [3.05, 3.63) is 65.3 Å². The van der Waals surface area contributed by atoms with Crippen LogP contribution < -0.4 is 15.5 Å². The van der Waals surface area contributed by atoms with E-state index in [-0.39, 0.29) is 17.3 Å². The number of imide groups is 1. The number of benzene rings is 1. The second-order valence-corrected chi connectivity index (χ2v) is 8.68. The monoisotopic (exact) mass is 565 g/mol. The predicted octanol–water partition coefficient (Wildman–Crippen LogP) is 2.49. The molecule has 3 amide bonds. The van der Waals surface area contributed by atoms with Gasteiger partial charge in [0.05, 0.1) is 5.56 Å². The zero-order valence-corrected chi connectivity index (χ0v) is 22.4. The van der Waals surface area contributed by atoms with Crippen molar-refractivity contribution in [2.75, 3.05) is 30.2 Å². The van der Waals surface area contributed by atoms with Gasteiger partial charge in [-0.05, 0) is 43.5 Å². The minimum atomic E-state index is -1.19. The summed E-state index contributed by atoms with van der Waals surface area (Å²) in [5, 5.41) is 22.7. The highest BCUT2D eigenvalue weighted by atomic mass is 16.7. The van der Waals surface area contributed by atoms with Crippen molar-refractivity contribution in [1.82, 2.24) is 25.1 Å². The predicted molar refractivity (Wildman–Crippen MR) is 143 cm³/mol. The quantitative estimate of drug-likeness (QED) is 0.188. The molecule has 1 aromatic carbocycles. The van der Waals surface area contributed by atoms with Gasteiger partial charge in [-0.1, -0.05) is 18.1 Å². The number of ether oxygens (including phenoxy) is 2. The molecule has 0 aliphatic carbocycles. The number of hydrogen-bond acceptors (Lipinski definition) is 12. The van der Waals surface area contributed by atoms with Crippen LogP contribution in [0, 0.1) is 13.8 Å². The summed E-state index contributed by atoms with van der Waals surface area (Å²) in [6.45, 7) is 4.35. The van der Waals surface area contributed by atoms with Gasteiger partial charge in [0.1, 0.15) is 24.7 Å². The smallest absolute Gasteiger partial charge is 0.425 e. The topological polar surface area (TPSA) is 190 Å². The number of rotatable bonds is 10. The zero-order valence-electron chi connectivity index (χ0n) is 22.4. The van der Waals surface area contributed by atoms with E-state index in [4.69, 9.17) is 14.4 Å². The Balaban J connectivity index is 1.63. The summed E-state index contributed by atoms with van der Waals surface area (Å²) in [5.41, 5.74) is 2.98. The highest BCUT2D eigenvalue weighted by Gasteiger charge is 2.29. The second-order valence-electron chi connectivity index (χ2n) is 8.68. The Morgan fingerprint density at radius 1 is 1.15 bits per heavy atom. The van der Waals surface area contributed by atoms with E-state index in [1.54, 1.807) is 23.7 Å². The van der Waals surface area contributed by atoms with Crippen LogP contribution in [-0.2, 0) is 14.3 Å². The van der Waals surface area contributed by atoms with E-state index in [0.717, 1.165) is 18.2 Å². The number of amides is 3. The normalized spacial score (nSPS) is 10.7. The molecule has 0 aliphatic heterocycles. The highest BCUT2D eigenvalue weighted by molar-refractivity contribution is 6.19. The summed E-state index contributed by atoms with van der Waals surface area (Å²) in [7, 11) is 0. The number of aliphatic hydroxyl groups excluding tert-OH is 1. The van der Waals surface area contributed by atoms with Crippen LogP contribution in [0.2, 0.25) is 0 Å². The van der Waals surface area contributed by atoms with Gasteiger partial charge in [-0.15, -0.1) is 0 Å². The fourth-order valence-corrected chi connectivity index (χ4v) is 3.82. The van der Waals surface area contributed by atoms with E-state index in [2.05, 4.69) is 30.6 Å². The molecule has 214 valence electrons. The van der Waals surface area contributed by atoms with Gasteiger partial charge >= 0.3 is 12.1 Å². The van der Waals surface area contributed by atoms with E-state index in [1.807, 2.05) is 13.8 Å². The highest BCUT2D eigenvalue weighted by Crippen LogP contribution is 2.28. The molecule has 0 radical (unpaired) electrons. The summed E-state index contributed by atoms with van der Waals surface area (Å²) in [6, 6.07) is 5.95. The average Bonchev–Trinajstić information content (AvgIpc) is 3.61. The number of esters is 1. The molecule has 0 aliphatic rings. The molecule has 15 nitrogen and oxygen atoms in total. The molecule has 0 saturated heterocycles. The van der Waals surface area contributed by atoms with E-state index in [9.17, 15) is 19.2 Å². The number of carbonyl (C=O) groups excluding carboxylic acids is 4. The largest absolute Gasteiger partial charge is 0.426 e. The first-order valence-corrected chi connectivity index (χ1v) is 12.4. The molecule has 0 bridgehead atoms. The Morgan fingerprint density at radius 2 is 1.95 bits per heavy atom. The van der Waals surface area contributed by atoms with Crippen LogP contribution in [0.3, 0.4) is 0 Å². The Morgan fingerprint density at radius 3 is 2.66 bits per heavy atom. The minimum absolute atomic E-state index is 0.0715. The molecule has 0 unspecified atom stereocenters. The third kappa shape index (κ3) is 6.30. The molecule has 0 saturated carbocycles. The molecule has 3 N–H and O–H groups in total. The number of anilines is 3. The van der Waals surface area contributed by atoms with Crippen molar-refractivity contribution in [3.8, 4) is 0 Å². The van der Waals surface area contributed by atoms with Gasteiger partial charge in [0.25, 0.3) is 11.8 Å². The van der Waals surface area contributed by atoms with Crippen LogP contribution in [0.15, 0.2) is 47.6 Å². The number of nitrogens with one attached hydrogen (secondary N) is 2. The van der Waals surface area contributed by atoms with Gasteiger partial charge in [0.2, 0.25) is 6.79 Å². The Labute approximate surface area is 233 Å². The van der Waals surface area contributed by atoms with Crippen molar-refractivity contribution in [3.63, 3.8) is 0 Å². The van der Waals surface area contributed by atoms with Gasteiger partial charge in [-0.25, -0.2) is 19.1 Å². The number of aromatic nitrogens is 4. The maximum Gasteiger partial charge on any atom is 0.425 e. The van der Waals surface area contributed by atoms with Crippen LogP contribution >= 0.6 is 0 Å². The fraction of sp³-hybridized carbons (Fsp3) is 0.269. The van der Waals surface area contributed by atoms with Gasteiger partial charge in [0, 0.05) is 30.1 Å². The van der Waals surface area contributed by atoms with Crippen molar-refractivity contribution in [1.29, 1.82) is 0 Å². The van der Waals surface area contributed by atoms with Crippen LogP contribution in [-0.4, -0.2) is 68.7 Å². The van der Waals surface area contributed by atoms with Gasteiger partial charge in [-0.3, -0.25) is 9.59 Å². The number of fused-ring (bicyclic) bond motifs is 1. The maximum atomic E-state index is 13.5. The third-order valence-corrected chi connectivity index (χ3v) is 5.92. The molecular formula is C26H27N7O8. The summed E-state index contributed by atoms with van der Waals surface area (Å²) in [6.07, 6.45) is 3.71. The molecule has 0 atom stereocenters. The van der Waals surface area contributed by atoms with Crippen molar-refractivity contribution >= 4 is 46.7 Å². The van der Waals surface area contributed by atoms with Crippen molar-refractivity contribution in [2.45, 2.75) is 27.2 Å². The van der Waals surface area contributed by atoms with Crippen LogP contribution in [0.1, 0.15) is 45.2 Å². The zero-order chi connectivity index (χ0) is 29.5.